The van der Waals surface area contributed by atoms with Crippen molar-refractivity contribution in [3.05, 3.63) is 76.3 Å². The summed E-state index contributed by atoms with van der Waals surface area (Å²) in [5, 5.41) is 6.91. The molecule has 6 heteroatoms. The largest absolute Gasteiger partial charge is 0.365 e. The monoisotopic (exact) mass is 348 g/mol. The Morgan fingerprint density at radius 1 is 1.12 bits per heavy atom. The number of aryl methyl sites for hydroxylation is 2. The second-order valence-corrected chi connectivity index (χ2v) is 6.01. The molecule has 0 spiro atoms. The SMILES string of the molecule is CCc1ccccc1NC(=O)Cn1ncc(-c2ccc(C)cc2)nc1=O. The molecule has 0 atom stereocenters. The number of benzene rings is 2. The van der Waals surface area contributed by atoms with Crippen molar-refractivity contribution in [3.63, 3.8) is 0 Å². The number of anilines is 1. The summed E-state index contributed by atoms with van der Waals surface area (Å²) in [7, 11) is 0. The highest BCUT2D eigenvalue weighted by molar-refractivity contribution is 5.91. The first-order valence-corrected chi connectivity index (χ1v) is 8.46. The predicted molar refractivity (Wildman–Crippen MR) is 101 cm³/mol. The molecule has 0 fully saturated rings. The van der Waals surface area contributed by atoms with Gasteiger partial charge in [0.2, 0.25) is 5.91 Å². The van der Waals surface area contributed by atoms with Crippen LogP contribution in [0.25, 0.3) is 11.3 Å². The second kappa shape index (κ2) is 7.74. The van der Waals surface area contributed by atoms with Crippen LogP contribution in [0.3, 0.4) is 0 Å². The third-order valence-electron chi connectivity index (χ3n) is 4.07. The zero-order valence-electron chi connectivity index (χ0n) is 14.8. The van der Waals surface area contributed by atoms with E-state index in [1.54, 1.807) is 0 Å². The first-order chi connectivity index (χ1) is 12.6. The van der Waals surface area contributed by atoms with Crippen molar-refractivity contribution in [3.8, 4) is 11.3 Å². The summed E-state index contributed by atoms with van der Waals surface area (Å²) >= 11 is 0. The molecule has 0 saturated carbocycles. The van der Waals surface area contributed by atoms with Gasteiger partial charge in [0.25, 0.3) is 0 Å². The third-order valence-corrected chi connectivity index (χ3v) is 4.07. The number of amides is 1. The Morgan fingerprint density at radius 3 is 2.54 bits per heavy atom. The van der Waals surface area contributed by atoms with Gasteiger partial charge in [0.15, 0.2) is 0 Å². The summed E-state index contributed by atoms with van der Waals surface area (Å²) in [5.74, 6) is -0.314. The summed E-state index contributed by atoms with van der Waals surface area (Å²) in [6, 6.07) is 15.2. The van der Waals surface area contributed by atoms with E-state index < -0.39 is 5.69 Å². The van der Waals surface area contributed by atoms with Gasteiger partial charge in [-0.15, -0.1) is 0 Å². The van der Waals surface area contributed by atoms with Gasteiger partial charge in [-0.05, 0) is 25.0 Å². The van der Waals surface area contributed by atoms with E-state index in [1.807, 2.05) is 62.4 Å². The van der Waals surface area contributed by atoms with Crippen molar-refractivity contribution in [2.45, 2.75) is 26.8 Å². The lowest BCUT2D eigenvalue weighted by molar-refractivity contribution is -0.117. The normalized spacial score (nSPS) is 10.5. The van der Waals surface area contributed by atoms with E-state index in [2.05, 4.69) is 15.4 Å². The number of hydrogen-bond donors (Lipinski definition) is 1. The van der Waals surface area contributed by atoms with Gasteiger partial charge in [0.1, 0.15) is 6.54 Å². The molecule has 0 aliphatic heterocycles. The highest BCUT2D eigenvalue weighted by Crippen LogP contribution is 2.16. The molecular weight excluding hydrogens is 328 g/mol. The zero-order chi connectivity index (χ0) is 18.5. The molecular formula is C20H20N4O2. The lowest BCUT2D eigenvalue weighted by atomic mass is 10.1. The quantitative estimate of drug-likeness (QED) is 0.769. The van der Waals surface area contributed by atoms with Crippen LogP contribution >= 0.6 is 0 Å². The van der Waals surface area contributed by atoms with E-state index >= 15 is 0 Å². The van der Waals surface area contributed by atoms with Crippen LogP contribution in [0.15, 0.2) is 59.5 Å². The summed E-state index contributed by atoms with van der Waals surface area (Å²) in [4.78, 5) is 28.5. The molecule has 0 radical (unpaired) electrons. The molecule has 0 unspecified atom stereocenters. The van der Waals surface area contributed by atoms with Crippen molar-refractivity contribution in [2.75, 3.05) is 5.32 Å². The van der Waals surface area contributed by atoms with Crippen LogP contribution in [-0.2, 0) is 17.8 Å². The zero-order valence-corrected chi connectivity index (χ0v) is 14.8. The summed E-state index contributed by atoms with van der Waals surface area (Å²) < 4.78 is 1.06. The van der Waals surface area contributed by atoms with E-state index in [-0.39, 0.29) is 12.5 Å². The molecule has 1 aromatic heterocycles. The molecule has 0 aliphatic carbocycles. The van der Waals surface area contributed by atoms with E-state index in [0.29, 0.717) is 5.69 Å². The fourth-order valence-electron chi connectivity index (χ4n) is 2.61. The average Bonchev–Trinajstić information content (AvgIpc) is 2.64. The minimum atomic E-state index is -0.554. The first kappa shape index (κ1) is 17.5. The van der Waals surface area contributed by atoms with Crippen molar-refractivity contribution >= 4 is 11.6 Å². The molecule has 0 bridgehead atoms. The fourth-order valence-corrected chi connectivity index (χ4v) is 2.61. The van der Waals surface area contributed by atoms with E-state index in [4.69, 9.17) is 0 Å². The Morgan fingerprint density at radius 2 is 1.85 bits per heavy atom. The van der Waals surface area contributed by atoms with Crippen molar-refractivity contribution in [1.29, 1.82) is 0 Å². The lowest BCUT2D eigenvalue weighted by Crippen LogP contribution is -2.31. The molecule has 132 valence electrons. The number of nitrogens with zero attached hydrogens (tertiary/aromatic N) is 3. The molecule has 0 saturated heterocycles. The van der Waals surface area contributed by atoms with E-state index in [9.17, 15) is 9.59 Å². The molecule has 3 rings (SSSR count). The molecule has 26 heavy (non-hydrogen) atoms. The van der Waals surface area contributed by atoms with Gasteiger partial charge in [-0.2, -0.15) is 10.1 Å². The van der Waals surface area contributed by atoms with Gasteiger partial charge < -0.3 is 5.32 Å². The van der Waals surface area contributed by atoms with E-state index in [0.717, 1.165) is 33.5 Å². The Hall–Kier alpha value is -3.28. The average molecular weight is 348 g/mol. The fraction of sp³-hybridized carbons (Fsp3) is 0.200. The number of hydrogen-bond acceptors (Lipinski definition) is 4. The highest BCUT2D eigenvalue weighted by Gasteiger charge is 2.10. The maximum atomic E-state index is 12.3. The Bertz CT molecular complexity index is 978. The lowest BCUT2D eigenvalue weighted by Gasteiger charge is -2.10. The van der Waals surface area contributed by atoms with Crippen LogP contribution in [0.2, 0.25) is 0 Å². The topological polar surface area (TPSA) is 76.9 Å². The van der Waals surface area contributed by atoms with E-state index in [1.165, 1.54) is 6.20 Å². The number of rotatable bonds is 5. The van der Waals surface area contributed by atoms with Gasteiger partial charge in [-0.25, -0.2) is 9.48 Å². The first-order valence-electron chi connectivity index (χ1n) is 8.46. The summed E-state index contributed by atoms with van der Waals surface area (Å²) in [6.45, 7) is 3.82. The van der Waals surface area contributed by atoms with Gasteiger partial charge in [0, 0.05) is 11.3 Å². The molecule has 1 heterocycles. The standard InChI is InChI=1S/C20H20N4O2/c1-3-15-6-4-5-7-17(15)22-19(25)13-24-20(26)23-18(12-21-24)16-10-8-14(2)9-11-16/h4-12H,3,13H2,1-2H3,(H,22,25). The van der Waals surface area contributed by atoms with Gasteiger partial charge in [-0.3, -0.25) is 4.79 Å². The van der Waals surface area contributed by atoms with Gasteiger partial charge in [0.05, 0.1) is 11.9 Å². The van der Waals surface area contributed by atoms with Gasteiger partial charge in [-0.1, -0.05) is 55.0 Å². The predicted octanol–water partition coefficient (Wildman–Crippen LogP) is 2.81. The molecule has 6 nitrogen and oxygen atoms in total. The number of carbonyl (C=O) groups is 1. The van der Waals surface area contributed by atoms with Crippen molar-refractivity contribution < 1.29 is 4.79 Å². The smallest absolute Gasteiger partial charge is 0.324 e. The number of nitrogens with one attached hydrogen (secondary N) is 1. The summed E-state index contributed by atoms with van der Waals surface area (Å²) in [6.07, 6.45) is 2.31. The number of aromatic nitrogens is 3. The maximum absolute atomic E-state index is 12.3. The van der Waals surface area contributed by atoms with Crippen LogP contribution in [0.4, 0.5) is 5.69 Å². The number of para-hydroxylation sites is 1. The number of carbonyl (C=O) groups excluding carboxylic acids is 1. The van der Waals surface area contributed by atoms with Gasteiger partial charge >= 0.3 is 5.69 Å². The molecule has 0 aliphatic rings. The highest BCUT2D eigenvalue weighted by atomic mass is 16.2. The van der Waals surface area contributed by atoms with Crippen LogP contribution < -0.4 is 11.0 Å². The minimum Gasteiger partial charge on any atom is -0.324 e. The molecule has 1 N–H and O–H groups in total. The van der Waals surface area contributed by atoms with Crippen LogP contribution in [-0.4, -0.2) is 20.7 Å². The van der Waals surface area contributed by atoms with Crippen LogP contribution in [0.5, 0.6) is 0 Å². The van der Waals surface area contributed by atoms with Crippen LogP contribution in [0.1, 0.15) is 18.1 Å². The Kier molecular flexibility index (Phi) is 5.22. The van der Waals surface area contributed by atoms with Crippen LogP contribution in [0, 0.1) is 6.92 Å². The Balaban J connectivity index is 1.75. The minimum absolute atomic E-state index is 0.182. The summed E-state index contributed by atoms with van der Waals surface area (Å²) in [5.41, 5.74) is 3.66. The maximum Gasteiger partial charge on any atom is 0.365 e. The second-order valence-electron chi connectivity index (χ2n) is 6.01. The third kappa shape index (κ3) is 4.03. The molecule has 3 aromatic rings. The Labute approximate surface area is 151 Å². The van der Waals surface area contributed by atoms with Crippen molar-refractivity contribution in [1.82, 2.24) is 14.8 Å². The molecule has 2 aromatic carbocycles. The molecule has 1 amide bonds. The van der Waals surface area contributed by atoms with Crippen molar-refractivity contribution in [2.24, 2.45) is 0 Å².